The van der Waals surface area contributed by atoms with Gasteiger partial charge in [0.25, 0.3) is 0 Å². The van der Waals surface area contributed by atoms with Crippen LogP contribution in [0.15, 0.2) is 48.5 Å². The Bertz CT molecular complexity index is 665. The Morgan fingerprint density at radius 1 is 1.08 bits per heavy atom. The van der Waals surface area contributed by atoms with Crippen LogP contribution in [0.25, 0.3) is 0 Å². The molecule has 128 valence electrons. The fourth-order valence-electron chi connectivity index (χ4n) is 2.69. The lowest BCUT2D eigenvalue weighted by Crippen LogP contribution is -2.22. The van der Waals surface area contributed by atoms with Crippen LogP contribution in [-0.4, -0.2) is 23.9 Å². The molecule has 2 aromatic rings. The van der Waals surface area contributed by atoms with E-state index in [0.29, 0.717) is 12.8 Å². The average molecular weight is 325 g/mol. The van der Waals surface area contributed by atoms with Crippen molar-refractivity contribution in [1.29, 1.82) is 0 Å². The molecule has 4 nitrogen and oxygen atoms in total. The SMILES string of the molecule is CCN(CC)Cc1cccc(NC(=O)CCc2ccccc2N)c1. The molecule has 2 rings (SSSR count). The van der Waals surface area contributed by atoms with Crippen molar-refractivity contribution in [2.75, 3.05) is 24.1 Å². The van der Waals surface area contributed by atoms with Crippen LogP contribution in [-0.2, 0) is 17.8 Å². The molecule has 0 spiro atoms. The van der Waals surface area contributed by atoms with E-state index in [1.165, 1.54) is 5.56 Å². The number of hydrogen-bond acceptors (Lipinski definition) is 3. The number of nitrogens with zero attached hydrogens (tertiary/aromatic N) is 1. The molecule has 0 unspecified atom stereocenters. The van der Waals surface area contributed by atoms with Crippen molar-refractivity contribution in [2.45, 2.75) is 33.2 Å². The van der Waals surface area contributed by atoms with Gasteiger partial charge in [-0.05, 0) is 48.8 Å². The van der Waals surface area contributed by atoms with Crippen molar-refractivity contribution < 1.29 is 4.79 Å². The highest BCUT2D eigenvalue weighted by atomic mass is 16.1. The zero-order chi connectivity index (χ0) is 17.4. The Hall–Kier alpha value is -2.33. The molecule has 0 aromatic heterocycles. The standard InChI is InChI=1S/C20H27N3O/c1-3-23(4-2)15-16-8-7-10-18(14-16)22-20(24)13-12-17-9-5-6-11-19(17)21/h5-11,14H,3-4,12-13,15,21H2,1-2H3,(H,22,24). The first kappa shape index (κ1) is 18.0. The molecule has 24 heavy (non-hydrogen) atoms. The highest BCUT2D eigenvalue weighted by molar-refractivity contribution is 5.91. The summed E-state index contributed by atoms with van der Waals surface area (Å²) in [6.07, 6.45) is 1.08. The number of rotatable bonds is 8. The predicted molar refractivity (Wildman–Crippen MR) is 101 cm³/mol. The number of carbonyl (C=O) groups is 1. The van der Waals surface area contributed by atoms with Gasteiger partial charge in [-0.25, -0.2) is 0 Å². The minimum atomic E-state index is 0.0123. The molecule has 0 aliphatic rings. The van der Waals surface area contributed by atoms with E-state index in [2.05, 4.69) is 30.1 Å². The summed E-state index contributed by atoms with van der Waals surface area (Å²) in [6, 6.07) is 15.7. The van der Waals surface area contributed by atoms with Gasteiger partial charge in [0, 0.05) is 24.3 Å². The predicted octanol–water partition coefficient (Wildman–Crippen LogP) is 3.68. The van der Waals surface area contributed by atoms with Crippen molar-refractivity contribution >= 4 is 17.3 Å². The molecule has 0 radical (unpaired) electrons. The average Bonchev–Trinajstić information content (AvgIpc) is 2.59. The number of nitrogens with one attached hydrogen (secondary N) is 1. The van der Waals surface area contributed by atoms with E-state index >= 15 is 0 Å². The number of hydrogen-bond donors (Lipinski definition) is 2. The molecule has 3 N–H and O–H groups in total. The first-order chi connectivity index (χ1) is 11.6. The fraction of sp³-hybridized carbons (Fsp3) is 0.350. The maximum atomic E-state index is 12.2. The summed E-state index contributed by atoms with van der Waals surface area (Å²) in [6.45, 7) is 7.25. The van der Waals surface area contributed by atoms with Crippen LogP contribution in [0.4, 0.5) is 11.4 Å². The lowest BCUT2D eigenvalue weighted by molar-refractivity contribution is -0.116. The molecule has 0 atom stereocenters. The number of carbonyl (C=O) groups excluding carboxylic acids is 1. The van der Waals surface area contributed by atoms with E-state index < -0.39 is 0 Å². The highest BCUT2D eigenvalue weighted by Crippen LogP contribution is 2.15. The number of amides is 1. The Balaban J connectivity index is 1.91. The third kappa shape index (κ3) is 5.39. The number of anilines is 2. The van der Waals surface area contributed by atoms with E-state index in [4.69, 9.17) is 5.73 Å². The summed E-state index contributed by atoms with van der Waals surface area (Å²) in [5, 5.41) is 2.98. The molecule has 2 aromatic carbocycles. The lowest BCUT2D eigenvalue weighted by atomic mass is 10.1. The largest absolute Gasteiger partial charge is 0.399 e. The van der Waals surface area contributed by atoms with Crippen molar-refractivity contribution in [1.82, 2.24) is 4.90 Å². The van der Waals surface area contributed by atoms with E-state index in [-0.39, 0.29) is 5.91 Å². The van der Waals surface area contributed by atoms with Gasteiger partial charge >= 0.3 is 0 Å². The smallest absolute Gasteiger partial charge is 0.224 e. The first-order valence-corrected chi connectivity index (χ1v) is 8.57. The molecular weight excluding hydrogens is 298 g/mol. The third-order valence-corrected chi connectivity index (χ3v) is 4.19. The fourth-order valence-corrected chi connectivity index (χ4v) is 2.69. The van der Waals surface area contributed by atoms with Gasteiger partial charge in [0.1, 0.15) is 0 Å². The summed E-state index contributed by atoms with van der Waals surface area (Å²) in [7, 11) is 0. The summed E-state index contributed by atoms with van der Waals surface area (Å²) < 4.78 is 0. The summed E-state index contributed by atoms with van der Waals surface area (Å²) >= 11 is 0. The third-order valence-electron chi connectivity index (χ3n) is 4.19. The van der Waals surface area contributed by atoms with Gasteiger partial charge in [-0.2, -0.15) is 0 Å². The minimum absolute atomic E-state index is 0.0123. The Morgan fingerprint density at radius 3 is 2.54 bits per heavy atom. The number of nitrogen functional groups attached to an aromatic ring is 1. The topological polar surface area (TPSA) is 58.4 Å². The molecule has 0 saturated heterocycles. The van der Waals surface area contributed by atoms with Crippen molar-refractivity contribution in [3.63, 3.8) is 0 Å². The lowest BCUT2D eigenvalue weighted by Gasteiger charge is -2.18. The van der Waals surface area contributed by atoms with E-state index in [0.717, 1.165) is 36.6 Å². The number of nitrogens with two attached hydrogens (primary N) is 1. The van der Waals surface area contributed by atoms with Crippen LogP contribution in [0.5, 0.6) is 0 Å². The molecular formula is C20H27N3O. The molecule has 0 saturated carbocycles. The molecule has 1 amide bonds. The van der Waals surface area contributed by atoms with Gasteiger partial charge in [-0.3, -0.25) is 9.69 Å². The first-order valence-electron chi connectivity index (χ1n) is 8.57. The Morgan fingerprint density at radius 2 is 1.83 bits per heavy atom. The second kappa shape index (κ2) is 9.08. The quantitative estimate of drug-likeness (QED) is 0.728. The monoisotopic (exact) mass is 325 g/mol. The number of benzene rings is 2. The van der Waals surface area contributed by atoms with Crippen molar-refractivity contribution in [3.8, 4) is 0 Å². The van der Waals surface area contributed by atoms with Crippen LogP contribution in [0, 0.1) is 0 Å². The van der Waals surface area contributed by atoms with Gasteiger partial charge in [-0.1, -0.05) is 44.2 Å². The van der Waals surface area contributed by atoms with Gasteiger partial charge in [-0.15, -0.1) is 0 Å². The molecule has 0 heterocycles. The van der Waals surface area contributed by atoms with Crippen LogP contribution in [0.2, 0.25) is 0 Å². The van der Waals surface area contributed by atoms with Gasteiger partial charge < -0.3 is 11.1 Å². The van der Waals surface area contributed by atoms with Gasteiger partial charge in [0.2, 0.25) is 5.91 Å². The molecule has 0 aliphatic heterocycles. The van der Waals surface area contributed by atoms with Crippen LogP contribution >= 0.6 is 0 Å². The van der Waals surface area contributed by atoms with E-state index in [1.54, 1.807) is 0 Å². The molecule has 0 fully saturated rings. The molecule has 0 bridgehead atoms. The van der Waals surface area contributed by atoms with Gasteiger partial charge in [0.15, 0.2) is 0 Å². The van der Waals surface area contributed by atoms with Crippen molar-refractivity contribution in [3.05, 3.63) is 59.7 Å². The Labute approximate surface area is 144 Å². The zero-order valence-corrected chi connectivity index (χ0v) is 14.6. The zero-order valence-electron chi connectivity index (χ0n) is 14.6. The maximum Gasteiger partial charge on any atom is 0.224 e. The van der Waals surface area contributed by atoms with Crippen LogP contribution in [0.1, 0.15) is 31.4 Å². The summed E-state index contributed by atoms with van der Waals surface area (Å²) in [5.74, 6) is 0.0123. The minimum Gasteiger partial charge on any atom is -0.399 e. The van der Waals surface area contributed by atoms with E-state index in [9.17, 15) is 4.79 Å². The number of para-hydroxylation sites is 1. The molecule has 0 aliphatic carbocycles. The maximum absolute atomic E-state index is 12.2. The Kier molecular flexibility index (Phi) is 6.82. The second-order valence-electron chi connectivity index (χ2n) is 5.91. The summed E-state index contributed by atoms with van der Waals surface area (Å²) in [4.78, 5) is 14.5. The van der Waals surface area contributed by atoms with Gasteiger partial charge in [0.05, 0.1) is 0 Å². The van der Waals surface area contributed by atoms with Crippen LogP contribution in [0.3, 0.4) is 0 Å². The second-order valence-corrected chi connectivity index (χ2v) is 5.91. The highest BCUT2D eigenvalue weighted by Gasteiger charge is 2.07. The summed E-state index contributed by atoms with van der Waals surface area (Å²) in [5.41, 5.74) is 9.74. The van der Waals surface area contributed by atoms with E-state index in [1.807, 2.05) is 42.5 Å². The number of aryl methyl sites for hydroxylation is 1. The van der Waals surface area contributed by atoms with Crippen LogP contribution < -0.4 is 11.1 Å². The normalized spacial score (nSPS) is 10.8. The van der Waals surface area contributed by atoms with Crippen molar-refractivity contribution in [2.24, 2.45) is 0 Å². The molecule has 4 heteroatoms.